The average molecular weight is 616 g/mol. The van der Waals surface area contributed by atoms with Crippen molar-refractivity contribution in [2.45, 2.75) is 32.1 Å². The highest BCUT2D eigenvalue weighted by Crippen LogP contribution is 2.45. The minimum Gasteiger partial charge on any atom is -0.486 e. The van der Waals surface area contributed by atoms with Crippen LogP contribution in [-0.2, 0) is 27.1 Å². The second-order valence-electron chi connectivity index (χ2n) is 11.3. The minimum atomic E-state index is -3.67. The number of anilines is 1. The van der Waals surface area contributed by atoms with Crippen molar-refractivity contribution in [3.05, 3.63) is 76.0 Å². The number of benzene rings is 2. The quantitative estimate of drug-likeness (QED) is 0.263. The summed E-state index contributed by atoms with van der Waals surface area (Å²) in [5, 5.41) is 4.18. The molecule has 6 rings (SSSR count). The number of sulfonamides is 1. The Balaban J connectivity index is 1.20. The molecule has 2 aromatic heterocycles. The molecule has 2 aliphatic rings. The van der Waals surface area contributed by atoms with E-state index in [1.165, 1.54) is 17.6 Å². The van der Waals surface area contributed by atoms with Crippen LogP contribution in [0.1, 0.15) is 31.2 Å². The number of aromatic nitrogens is 3. The summed E-state index contributed by atoms with van der Waals surface area (Å²) < 4.78 is 73.5. The van der Waals surface area contributed by atoms with Gasteiger partial charge in [0.15, 0.2) is 5.58 Å². The van der Waals surface area contributed by atoms with Crippen LogP contribution in [-0.4, -0.2) is 67.4 Å². The number of nitrogens with zero attached hydrogens (tertiary/aromatic N) is 5. The van der Waals surface area contributed by atoms with Crippen LogP contribution in [0.4, 0.5) is 14.5 Å². The second-order valence-corrected chi connectivity index (χ2v) is 13.3. The molecule has 2 fully saturated rings. The number of rotatable bonds is 10. The van der Waals surface area contributed by atoms with Crippen LogP contribution in [0.15, 0.2) is 51.8 Å². The standard InChI is InChI=1S/C29H31F2N5O6S/c1-29(5-6-29)18-41-27-24(15-32-36(28(27)37)22-13-20(30)12-21(31)14-22)34-7-9-35(10-8-34)43(38,39)17-19-3-4-23-25(11-19)42-26(33-23)16-40-2/h3-4,11-15H,5-10,16-18H2,1-2H3. The molecule has 228 valence electrons. The van der Waals surface area contributed by atoms with Crippen LogP contribution < -0.4 is 15.2 Å². The fourth-order valence-electron chi connectivity index (χ4n) is 5.04. The average Bonchev–Trinajstić information content (AvgIpc) is 3.56. The predicted octanol–water partition coefficient (Wildman–Crippen LogP) is 3.63. The maximum atomic E-state index is 13.9. The normalized spacial score (nSPS) is 17.0. The lowest BCUT2D eigenvalue weighted by Crippen LogP contribution is -2.49. The molecule has 1 saturated heterocycles. The van der Waals surface area contributed by atoms with Gasteiger partial charge in [-0.2, -0.15) is 14.1 Å². The molecule has 0 unspecified atom stereocenters. The SMILES string of the molecule is COCc1nc2ccc(CS(=O)(=O)N3CCN(c4cnn(-c5cc(F)cc(F)c5)c(=O)c4OCC4(C)CC4)CC3)cc2o1. The van der Waals surface area contributed by atoms with Crippen LogP contribution in [0.3, 0.4) is 0 Å². The monoisotopic (exact) mass is 615 g/mol. The largest absolute Gasteiger partial charge is 0.486 e. The Morgan fingerprint density at radius 3 is 2.44 bits per heavy atom. The maximum Gasteiger partial charge on any atom is 0.316 e. The van der Waals surface area contributed by atoms with E-state index in [2.05, 4.69) is 17.0 Å². The lowest BCUT2D eigenvalue weighted by molar-refractivity contribution is 0.161. The zero-order valence-electron chi connectivity index (χ0n) is 23.8. The van der Waals surface area contributed by atoms with Gasteiger partial charge in [-0.15, -0.1) is 0 Å². The molecule has 0 radical (unpaired) electrons. The van der Waals surface area contributed by atoms with E-state index in [1.807, 2.05) is 4.90 Å². The second kappa shape index (κ2) is 11.3. The van der Waals surface area contributed by atoms with Crippen molar-refractivity contribution in [3.63, 3.8) is 0 Å². The van der Waals surface area contributed by atoms with E-state index in [0.29, 0.717) is 40.9 Å². The minimum absolute atomic E-state index is 0.0114. The molecule has 2 aromatic carbocycles. The highest BCUT2D eigenvalue weighted by atomic mass is 32.2. The molecule has 1 aliphatic heterocycles. The first-order valence-corrected chi connectivity index (χ1v) is 15.5. The van der Waals surface area contributed by atoms with Crippen molar-refractivity contribution in [1.82, 2.24) is 19.1 Å². The zero-order valence-corrected chi connectivity index (χ0v) is 24.6. The Morgan fingerprint density at radius 1 is 1.05 bits per heavy atom. The summed E-state index contributed by atoms with van der Waals surface area (Å²) >= 11 is 0. The molecular weight excluding hydrogens is 584 g/mol. The van der Waals surface area contributed by atoms with Gasteiger partial charge in [0, 0.05) is 44.8 Å². The third-order valence-corrected chi connectivity index (χ3v) is 9.61. The Labute approximate surface area is 246 Å². The maximum absolute atomic E-state index is 13.9. The van der Waals surface area contributed by atoms with Gasteiger partial charge in [-0.25, -0.2) is 22.2 Å². The van der Waals surface area contributed by atoms with Gasteiger partial charge in [-0.1, -0.05) is 13.0 Å². The van der Waals surface area contributed by atoms with E-state index < -0.39 is 27.2 Å². The Bertz CT molecular complexity index is 1810. The summed E-state index contributed by atoms with van der Waals surface area (Å²) in [4.78, 5) is 19.7. The van der Waals surface area contributed by atoms with Gasteiger partial charge in [0.25, 0.3) is 0 Å². The molecular formula is C29H31F2N5O6S. The zero-order chi connectivity index (χ0) is 30.4. The van der Waals surface area contributed by atoms with Gasteiger partial charge in [0.05, 0.1) is 24.2 Å². The summed E-state index contributed by atoms with van der Waals surface area (Å²) in [6.07, 6.45) is 3.35. The number of piperazine rings is 1. The molecule has 0 spiro atoms. The Kier molecular flexibility index (Phi) is 7.69. The fraction of sp³-hybridized carbons (Fsp3) is 0.414. The Morgan fingerprint density at radius 2 is 1.77 bits per heavy atom. The van der Waals surface area contributed by atoms with Crippen molar-refractivity contribution in [3.8, 4) is 11.4 Å². The van der Waals surface area contributed by atoms with Gasteiger partial charge in [-0.05, 0) is 42.7 Å². The highest BCUT2D eigenvalue weighted by molar-refractivity contribution is 7.88. The molecule has 14 heteroatoms. The molecule has 3 heterocycles. The third kappa shape index (κ3) is 6.26. The molecule has 11 nitrogen and oxygen atoms in total. The number of hydrogen-bond acceptors (Lipinski definition) is 9. The highest BCUT2D eigenvalue weighted by Gasteiger charge is 2.39. The van der Waals surface area contributed by atoms with E-state index >= 15 is 0 Å². The van der Waals surface area contributed by atoms with Crippen molar-refractivity contribution in [1.29, 1.82) is 0 Å². The van der Waals surface area contributed by atoms with Crippen LogP contribution in [0.25, 0.3) is 16.8 Å². The number of fused-ring (bicyclic) bond motifs is 1. The van der Waals surface area contributed by atoms with Gasteiger partial charge < -0.3 is 18.8 Å². The number of oxazole rings is 1. The first kappa shape index (κ1) is 29.2. The van der Waals surface area contributed by atoms with E-state index in [-0.39, 0.29) is 55.4 Å². The first-order valence-electron chi connectivity index (χ1n) is 13.9. The van der Waals surface area contributed by atoms with Gasteiger partial charge in [0.1, 0.15) is 29.4 Å². The van der Waals surface area contributed by atoms with E-state index in [9.17, 15) is 22.0 Å². The van der Waals surface area contributed by atoms with Crippen molar-refractivity contribution in [2.24, 2.45) is 5.41 Å². The van der Waals surface area contributed by atoms with Gasteiger partial charge >= 0.3 is 5.56 Å². The fourth-order valence-corrected chi connectivity index (χ4v) is 6.54. The molecule has 43 heavy (non-hydrogen) atoms. The van der Waals surface area contributed by atoms with Crippen LogP contribution in [0.5, 0.6) is 5.75 Å². The van der Waals surface area contributed by atoms with Gasteiger partial charge in [0.2, 0.25) is 21.7 Å². The number of hydrogen-bond donors (Lipinski definition) is 0. The number of methoxy groups -OCH3 is 1. The summed E-state index contributed by atoms with van der Waals surface area (Å²) in [5.74, 6) is -1.46. The first-order chi connectivity index (χ1) is 20.5. The van der Waals surface area contributed by atoms with Crippen molar-refractivity contribution in [2.75, 3.05) is 44.8 Å². The van der Waals surface area contributed by atoms with E-state index in [1.54, 1.807) is 18.2 Å². The molecule has 4 aromatic rings. The molecule has 0 bridgehead atoms. The molecule has 0 N–H and O–H groups in total. The predicted molar refractivity (Wildman–Crippen MR) is 154 cm³/mol. The molecule has 1 aliphatic carbocycles. The Hall–Kier alpha value is -3.88. The van der Waals surface area contributed by atoms with E-state index in [4.69, 9.17) is 13.9 Å². The molecule has 0 atom stereocenters. The third-order valence-electron chi connectivity index (χ3n) is 7.76. The summed E-state index contributed by atoms with van der Waals surface area (Å²) in [7, 11) is -2.13. The molecule has 1 saturated carbocycles. The summed E-state index contributed by atoms with van der Waals surface area (Å²) in [6, 6.07) is 7.86. The van der Waals surface area contributed by atoms with Crippen LogP contribution >= 0.6 is 0 Å². The van der Waals surface area contributed by atoms with E-state index in [0.717, 1.165) is 29.7 Å². The summed E-state index contributed by atoms with van der Waals surface area (Å²) in [5.41, 5.74) is 1.32. The number of ether oxygens (including phenoxy) is 2. The van der Waals surface area contributed by atoms with Crippen LogP contribution in [0.2, 0.25) is 0 Å². The van der Waals surface area contributed by atoms with Crippen molar-refractivity contribution < 1.29 is 31.1 Å². The lowest BCUT2D eigenvalue weighted by atomic mass is 10.2. The number of halogens is 2. The van der Waals surface area contributed by atoms with Crippen LogP contribution in [0, 0.1) is 17.0 Å². The lowest BCUT2D eigenvalue weighted by Gasteiger charge is -2.35. The van der Waals surface area contributed by atoms with Crippen molar-refractivity contribution >= 4 is 26.8 Å². The smallest absolute Gasteiger partial charge is 0.316 e. The molecule has 0 amide bonds. The van der Waals surface area contributed by atoms with Gasteiger partial charge in [-0.3, -0.25) is 4.79 Å². The topological polar surface area (TPSA) is 120 Å². The summed E-state index contributed by atoms with van der Waals surface area (Å²) in [6.45, 7) is 3.50.